The van der Waals surface area contributed by atoms with Crippen LogP contribution in [0.15, 0.2) is 89.9 Å². The lowest BCUT2D eigenvalue weighted by Crippen LogP contribution is -2.05. The van der Waals surface area contributed by atoms with Crippen LogP contribution in [0, 0.1) is 0 Å². The molecule has 3 aromatic carbocycles. The molecule has 0 aromatic heterocycles. The van der Waals surface area contributed by atoms with E-state index in [0.717, 1.165) is 40.1 Å². The smallest absolute Gasteiger partial charge is 0.185 e. The summed E-state index contributed by atoms with van der Waals surface area (Å²) in [6, 6.07) is 25.2. The van der Waals surface area contributed by atoms with Crippen molar-refractivity contribution >= 4 is 34.5 Å². The van der Waals surface area contributed by atoms with Crippen LogP contribution in [0.2, 0.25) is 0 Å². The van der Waals surface area contributed by atoms with Crippen molar-refractivity contribution in [3.8, 4) is 11.5 Å². The van der Waals surface area contributed by atoms with E-state index < -0.39 is 0 Å². The standard InChI is InChI=1S/C26H24N2O2S/c1-2-21-18-31-26(27-21)28-22-13-11-20(12-14-22)25(29)17-10-19-8-15-24(16-9-19)30-23-6-4-3-5-7-23/h3-17,21H,2,18H2,1H3,(H,27,28)/b17-10+. The highest BCUT2D eigenvalue weighted by Gasteiger charge is 2.16. The molecule has 1 aliphatic heterocycles. The topological polar surface area (TPSA) is 50.7 Å². The van der Waals surface area contributed by atoms with E-state index in [-0.39, 0.29) is 5.78 Å². The minimum atomic E-state index is -0.0326. The fraction of sp³-hybridized carbons (Fsp3) is 0.154. The Balaban J connectivity index is 1.33. The first kappa shape index (κ1) is 20.9. The van der Waals surface area contributed by atoms with E-state index in [1.807, 2.05) is 84.9 Å². The van der Waals surface area contributed by atoms with Gasteiger partial charge in [0.2, 0.25) is 0 Å². The van der Waals surface area contributed by atoms with Crippen LogP contribution in [0.3, 0.4) is 0 Å². The van der Waals surface area contributed by atoms with Crippen molar-refractivity contribution in [1.29, 1.82) is 0 Å². The summed E-state index contributed by atoms with van der Waals surface area (Å²) in [6.07, 6.45) is 4.47. The highest BCUT2D eigenvalue weighted by Crippen LogP contribution is 2.23. The Morgan fingerprint density at radius 3 is 2.42 bits per heavy atom. The summed E-state index contributed by atoms with van der Waals surface area (Å²) in [7, 11) is 0. The van der Waals surface area contributed by atoms with Gasteiger partial charge in [0, 0.05) is 17.0 Å². The van der Waals surface area contributed by atoms with Crippen molar-refractivity contribution in [2.24, 2.45) is 4.99 Å². The zero-order valence-electron chi connectivity index (χ0n) is 17.3. The zero-order chi connectivity index (χ0) is 21.5. The van der Waals surface area contributed by atoms with Gasteiger partial charge < -0.3 is 10.1 Å². The minimum Gasteiger partial charge on any atom is -0.457 e. The van der Waals surface area contributed by atoms with E-state index >= 15 is 0 Å². The largest absolute Gasteiger partial charge is 0.457 e. The molecular formula is C26H24N2O2S. The normalized spacial score (nSPS) is 15.6. The van der Waals surface area contributed by atoms with E-state index in [1.54, 1.807) is 17.8 Å². The average Bonchev–Trinajstić information content (AvgIpc) is 3.27. The lowest BCUT2D eigenvalue weighted by Gasteiger charge is -2.06. The van der Waals surface area contributed by atoms with E-state index in [4.69, 9.17) is 4.74 Å². The second-order valence-electron chi connectivity index (χ2n) is 7.19. The number of hydrogen-bond donors (Lipinski definition) is 1. The van der Waals surface area contributed by atoms with Crippen LogP contribution in [0.5, 0.6) is 11.5 Å². The molecule has 31 heavy (non-hydrogen) atoms. The fourth-order valence-electron chi connectivity index (χ4n) is 3.07. The number of aliphatic imine (C=N–C) groups is 1. The summed E-state index contributed by atoms with van der Waals surface area (Å²) < 4.78 is 5.79. The fourth-order valence-corrected chi connectivity index (χ4v) is 4.15. The number of carbonyl (C=O) groups is 1. The first-order valence-corrected chi connectivity index (χ1v) is 11.3. The maximum absolute atomic E-state index is 12.5. The van der Waals surface area contributed by atoms with Crippen LogP contribution in [-0.2, 0) is 0 Å². The molecule has 3 aromatic rings. The third kappa shape index (κ3) is 5.86. The van der Waals surface area contributed by atoms with Crippen LogP contribution >= 0.6 is 11.8 Å². The number of benzene rings is 3. The van der Waals surface area contributed by atoms with Crippen molar-refractivity contribution in [3.05, 3.63) is 96.1 Å². The van der Waals surface area contributed by atoms with Gasteiger partial charge in [-0.25, -0.2) is 0 Å². The van der Waals surface area contributed by atoms with Crippen molar-refractivity contribution in [2.75, 3.05) is 11.1 Å². The Morgan fingerprint density at radius 2 is 1.74 bits per heavy atom. The summed E-state index contributed by atoms with van der Waals surface area (Å²) in [5, 5.41) is 4.27. The molecule has 1 N–H and O–H groups in total. The number of nitrogens with one attached hydrogen (secondary N) is 1. The monoisotopic (exact) mass is 428 g/mol. The Hall–Kier alpha value is -3.31. The third-order valence-electron chi connectivity index (χ3n) is 4.89. The van der Waals surface area contributed by atoms with E-state index in [0.29, 0.717) is 11.6 Å². The summed E-state index contributed by atoms with van der Waals surface area (Å²) in [5.74, 6) is 2.55. The molecule has 0 bridgehead atoms. The van der Waals surface area contributed by atoms with Gasteiger partial charge in [-0.15, -0.1) is 0 Å². The third-order valence-corrected chi connectivity index (χ3v) is 5.92. The molecule has 0 fully saturated rings. The van der Waals surface area contributed by atoms with Gasteiger partial charge in [0.25, 0.3) is 0 Å². The predicted molar refractivity (Wildman–Crippen MR) is 130 cm³/mol. The molecule has 4 rings (SSSR count). The van der Waals surface area contributed by atoms with Crippen LogP contribution < -0.4 is 10.1 Å². The Bertz CT molecular complexity index is 1070. The molecule has 156 valence electrons. The molecule has 4 nitrogen and oxygen atoms in total. The van der Waals surface area contributed by atoms with Crippen LogP contribution in [0.4, 0.5) is 5.69 Å². The first-order valence-electron chi connectivity index (χ1n) is 10.3. The molecular weight excluding hydrogens is 404 g/mol. The molecule has 0 aliphatic carbocycles. The van der Waals surface area contributed by atoms with Gasteiger partial charge in [-0.1, -0.05) is 55.1 Å². The van der Waals surface area contributed by atoms with Gasteiger partial charge >= 0.3 is 0 Å². The van der Waals surface area contributed by atoms with E-state index in [9.17, 15) is 4.79 Å². The summed E-state index contributed by atoms with van der Waals surface area (Å²) in [6.45, 7) is 2.15. The average molecular weight is 429 g/mol. The molecule has 0 radical (unpaired) electrons. The summed E-state index contributed by atoms with van der Waals surface area (Å²) >= 11 is 1.74. The van der Waals surface area contributed by atoms with Gasteiger partial charge in [-0.2, -0.15) is 0 Å². The second kappa shape index (κ2) is 10.1. The molecule has 0 amide bonds. The van der Waals surface area contributed by atoms with Gasteiger partial charge in [0.15, 0.2) is 11.0 Å². The maximum Gasteiger partial charge on any atom is 0.185 e. The van der Waals surface area contributed by atoms with Crippen LogP contribution in [0.25, 0.3) is 6.08 Å². The number of para-hydroxylation sites is 1. The number of allylic oxidation sites excluding steroid dienone is 1. The van der Waals surface area contributed by atoms with Gasteiger partial charge in [0.1, 0.15) is 11.5 Å². The summed E-state index contributed by atoms with van der Waals surface area (Å²) in [5.41, 5.74) is 2.53. The van der Waals surface area contributed by atoms with Gasteiger partial charge in [-0.3, -0.25) is 9.79 Å². The molecule has 1 unspecified atom stereocenters. The molecule has 0 saturated carbocycles. The highest BCUT2D eigenvalue weighted by atomic mass is 32.2. The number of ether oxygens (including phenoxy) is 1. The number of anilines is 1. The number of ketones is 1. The number of hydrogen-bond acceptors (Lipinski definition) is 5. The molecule has 5 heteroatoms. The summed E-state index contributed by atoms with van der Waals surface area (Å²) in [4.78, 5) is 17.1. The van der Waals surface area contributed by atoms with Crippen LogP contribution in [-0.4, -0.2) is 22.7 Å². The Labute approximate surface area is 187 Å². The second-order valence-corrected chi connectivity index (χ2v) is 8.20. The molecule has 1 aliphatic rings. The highest BCUT2D eigenvalue weighted by molar-refractivity contribution is 8.14. The van der Waals surface area contributed by atoms with Crippen molar-refractivity contribution in [2.45, 2.75) is 19.4 Å². The number of rotatable bonds is 7. The predicted octanol–water partition coefficient (Wildman–Crippen LogP) is 6.67. The van der Waals surface area contributed by atoms with Crippen LogP contribution in [0.1, 0.15) is 29.3 Å². The van der Waals surface area contributed by atoms with Gasteiger partial charge in [0.05, 0.1) is 6.04 Å². The number of carbonyl (C=O) groups excluding carboxylic acids is 1. The maximum atomic E-state index is 12.5. The van der Waals surface area contributed by atoms with Crippen molar-refractivity contribution in [1.82, 2.24) is 0 Å². The first-order chi connectivity index (χ1) is 15.2. The Morgan fingerprint density at radius 1 is 1.03 bits per heavy atom. The molecule has 1 heterocycles. The van der Waals surface area contributed by atoms with Crippen molar-refractivity contribution < 1.29 is 9.53 Å². The Kier molecular flexibility index (Phi) is 6.85. The SMILES string of the molecule is CCC1CSC(Nc2ccc(C(=O)/C=C/c3ccc(Oc4ccccc4)cc3)cc2)=N1. The lowest BCUT2D eigenvalue weighted by atomic mass is 10.1. The number of amidine groups is 1. The minimum absolute atomic E-state index is 0.0326. The zero-order valence-corrected chi connectivity index (χ0v) is 18.1. The van der Waals surface area contributed by atoms with Crippen molar-refractivity contribution in [3.63, 3.8) is 0 Å². The number of nitrogens with zero attached hydrogens (tertiary/aromatic N) is 1. The van der Waals surface area contributed by atoms with E-state index in [2.05, 4.69) is 17.2 Å². The molecule has 0 spiro atoms. The van der Waals surface area contributed by atoms with Gasteiger partial charge in [-0.05, 0) is 66.6 Å². The molecule has 0 saturated heterocycles. The quantitative estimate of drug-likeness (QED) is 0.337. The lowest BCUT2D eigenvalue weighted by molar-refractivity contribution is 0.104. The molecule has 1 atom stereocenters. The van der Waals surface area contributed by atoms with E-state index in [1.165, 1.54) is 0 Å². The number of thioether (sulfide) groups is 1.